The highest BCUT2D eigenvalue weighted by Crippen LogP contribution is 2.24. The van der Waals surface area contributed by atoms with Crippen molar-refractivity contribution in [1.82, 2.24) is 24.8 Å². The third-order valence-electron chi connectivity index (χ3n) is 5.14. The average molecular weight is 400 g/mol. The maximum Gasteiger partial charge on any atom is 0.206 e. The number of halogens is 1. The second-order valence-corrected chi connectivity index (χ2v) is 7.48. The molecule has 4 rings (SSSR count). The zero-order chi connectivity index (χ0) is 19.7. The molecule has 3 aromatic rings. The van der Waals surface area contributed by atoms with Crippen molar-refractivity contribution in [1.29, 1.82) is 0 Å². The molecule has 0 aliphatic carbocycles. The van der Waals surface area contributed by atoms with Crippen LogP contribution >= 0.6 is 11.6 Å². The smallest absolute Gasteiger partial charge is 0.206 e. The summed E-state index contributed by atoms with van der Waals surface area (Å²) in [6, 6.07) is 9.22. The highest BCUT2D eigenvalue weighted by Gasteiger charge is 2.22. The Morgan fingerprint density at radius 2 is 2.14 bits per heavy atom. The lowest BCUT2D eigenvalue weighted by Crippen LogP contribution is -2.18. The minimum Gasteiger partial charge on any atom is -0.376 e. The molecular weight excluding hydrogens is 378 g/mol. The molecule has 1 aliphatic heterocycles. The second kappa shape index (κ2) is 7.85. The normalized spacial score (nSPS) is 16.6. The Morgan fingerprint density at radius 1 is 1.32 bits per heavy atom. The average Bonchev–Trinajstić information content (AvgIpc) is 3.40. The lowest BCUT2D eigenvalue weighted by Gasteiger charge is -2.14. The maximum absolute atomic E-state index is 12.9. The van der Waals surface area contributed by atoms with E-state index in [1.54, 1.807) is 6.07 Å². The van der Waals surface area contributed by atoms with E-state index in [-0.39, 0.29) is 18.4 Å². The summed E-state index contributed by atoms with van der Waals surface area (Å²) in [5, 5.41) is 12.9. The minimum atomic E-state index is -0.0465. The summed E-state index contributed by atoms with van der Waals surface area (Å²) in [7, 11) is 0. The summed E-state index contributed by atoms with van der Waals surface area (Å²) in [5.74, 6) is 0.358. The summed E-state index contributed by atoms with van der Waals surface area (Å²) < 4.78 is 7.90. The maximum atomic E-state index is 12.9. The van der Waals surface area contributed by atoms with Crippen LogP contribution in [0, 0.1) is 13.8 Å². The molecule has 1 unspecified atom stereocenters. The van der Waals surface area contributed by atoms with Gasteiger partial charge in [-0.15, -0.1) is 10.2 Å². The van der Waals surface area contributed by atoms with Crippen molar-refractivity contribution in [2.75, 3.05) is 6.61 Å². The molecule has 1 aliphatic rings. The molecule has 0 amide bonds. The standard InChI is InChI=1S/C20H22ClN5O2/c1-13-10-17(14(2)25(13)11-15-6-5-9-28-15)19(27)12-26-23-20(22-24-26)16-7-3-4-8-18(16)21/h3-4,7-8,10,15H,5-6,9,11-12H2,1-2H3. The number of carbonyl (C=O) groups is 1. The van der Waals surface area contributed by atoms with Crippen LogP contribution in [0.15, 0.2) is 30.3 Å². The molecule has 7 nitrogen and oxygen atoms in total. The number of benzene rings is 1. The van der Waals surface area contributed by atoms with Crippen LogP contribution in [0.5, 0.6) is 0 Å². The molecule has 146 valence electrons. The van der Waals surface area contributed by atoms with Crippen LogP contribution in [0.25, 0.3) is 11.4 Å². The number of hydrogen-bond donors (Lipinski definition) is 0. The van der Waals surface area contributed by atoms with Gasteiger partial charge in [0.1, 0.15) is 6.54 Å². The lowest BCUT2D eigenvalue weighted by atomic mass is 10.1. The fourth-order valence-electron chi connectivity index (χ4n) is 3.63. The molecule has 0 N–H and O–H groups in total. The SMILES string of the molecule is Cc1cc(C(=O)Cn2nnc(-c3ccccc3Cl)n2)c(C)n1CC1CCCO1. The summed E-state index contributed by atoms with van der Waals surface area (Å²) in [6.07, 6.45) is 2.39. The Hall–Kier alpha value is -2.51. The highest BCUT2D eigenvalue weighted by molar-refractivity contribution is 6.33. The first-order valence-electron chi connectivity index (χ1n) is 9.37. The summed E-state index contributed by atoms with van der Waals surface area (Å²) in [5.41, 5.74) is 3.38. The Kier molecular flexibility index (Phi) is 5.28. The fourth-order valence-corrected chi connectivity index (χ4v) is 3.85. The highest BCUT2D eigenvalue weighted by atomic mass is 35.5. The largest absolute Gasteiger partial charge is 0.376 e. The van der Waals surface area contributed by atoms with E-state index < -0.39 is 0 Å². The van der Waals surface area contributed by atoms with E-state index in [0.717, 1.165) is 37.4 Å². The monoisotopic (exact) mass is 399 g/mol. The van der Waals surface area contributed by atoms with E-state index in [0.29, 0.717) is 22.0 Å². The third-order valence-corrected chi connectivity index (χ3v) is 5.47. The van der Waals surface area contributed by atoms with Crippen LogP contribution in [0.4, 0.5) is 0 Å². The van der Waals surface area contributed by atoms with Crippen molar-refractivity contribution in [3.8, 4) is 11.4 Å². The van der Waals surface area contributed by atoms with E-state index in [1.807, 2.05) is 38.1 Å². The van der Waals surface area contributed by atoms with Crippen molar-refractivity contribution in [3.05, 3.63) is 52.3 Å². The van der Waals surface area contributed by atoms with Gasteiger partial charge in [0.2, 0.25) is 5.82 Å². The number of aryl methyl sites for hydroxylation is 1. The minimum absolute atomic E-state index is 0.0294. The van der Waals surface area contributed by atoms with Crippen molar-refractivity contribution in [2.45, 2.75) is 45.9 Å². The molecular formula is C20H22ClN5O2. The predicted molar refractivity (Wildman–Crippen MR) is 105 cm³/mol. The molecule has 3 heterocycles. The zero-order valence-electron chi connectivity index (χ0n) is 15.9. The Bertz CT molecular complexity index is 1000. The first-order chi connectivity index (χ1) is 13.5. The Morgan fingerprint density at radius 3 is 2.89 bits per heavy atom. The molecule has 28 heavy (non-hydrogen) atoms. The Labute approximate surface area is 168 Å². The van der Waals surface area contributed by atoms with Gasteiger partial charge in [0.25, 0.3) is 0 Å². The van der Waals surface area contributed by atoms with Gasteiger partial charge in [-0.1, -0.05) is 23.7 Å². The van der Waals surface area contributed by atoms with Crippen LogP contribution in [0.1, 0.15) is 34.6 Å². The number of Topliss-reactive ketones (excluding diaryl/α,β-unsaturated/α-hetero) is 1. The predicted octanol–water partition coefficient (Wildman–Crippen LogP) is 3.47. The number of ketones is 1. The van der Waals surface area contributed by atoms with E-state index in [1.165, 1.54) is 4.80 Å². The molecule has 8 heteroatoms. The van der Waals surface area contributed by atoms with Gasteiger partial charge in [0.05, 0.1) is 11.1 Å². The molecule has 1 saturated heterocycles. The van der Waals surface area contributed by atoms with Gasteiger partial charge >= 0.3 is 0 Å². The molecule has 0 radical (unpaired) electrons. The molecule has 1 atom stereocenters. The van der Waals surface area contributed by atoms with Gasteiger partial charge in [-0.3, -0.25) is 4.79 Å². The van der Waals surface area contributed by atoms with Crippen LogP contribution in [-0.2, 0) is 17.8 Å². The molecule has 0 spiro atoms. The van der Waals surface area contributed by atoms with Crippen LogP contribution in [0.2, 0.25) is 5.02 Å². The van der Waals surface area contributed by atoms with Gasteiger partial charge in [-0.25, -0.2) is 0 Å². The van der Waals surface area contributed by atoms with E-state index >= 15 is 0 Å². The van der Waals surface area contributed by atoms with Crippen molar-refractivity contribution >= 4 is 17.4 Å². The molecule has 1 aromatic carbocycles. The van der Waals surface area contributed by atoms with Gasteiger partial charge in [-0.2, -0.15) is 4.80 Å². The summed E-state index contributed by atoms with van der Waals surface area (Å²) >= 11 is 6.18. The van der Waals surface area contributed by atoms with Crippen LogP contribution < -0.4 is 0 Å². The third kappa shape index (κ3) is 3.72. The molecule has 0 saturated carbocycles. The number of tetrazole rings is 1. The van der Waals surface area contributed by atoms with Crippen LogP contribution in [-0.4, -0.2) is 43.3 Å². The number of aromatic nitrogens is 5. The quantitative estimate of drug-likeness (QED) is 0.593. The Balaban J connectivity index is 1.51. The van der Waals surface area contributed by atoms with E-state index in [4.69, 9.17) is 16.3 Å². The fraction of sp³-hybridized carbons (Fsp3) is 0.400. The van der Waals surface area contributed by atoms with Gasteiger partial charge in [-0.05, 0) is 50.1 Å². The lowest BCUT2D eigenvalue weighted by molar-refractivity contribution is 0.0943. The first-order valence-corrected chi connectivity index (χ1v) is 9.75. The van der Waals surface area contributed by atoms with Gasteiger partial charge < -0.3 is 9.30 Å². The summed E-state index contributed by atoms with van der Waals surface area (Å²) in [4.78, 5) is 14.2. The zero-order valence-corrected chi connectivity index (χ0v) is 16.7. The number of carbonyl (C=O) groups excluding carboxylic acids is 1. The topological polar surface area (TPSA) is 74.8 Å². The number of nitrogens with zero attached hydrogens (tertiary/aromatic N) is 5. The van der Waals surface area contributed by atoms with E-state index in [9.17, 15) is 4.79 Å². The van der Waals surface area contributed by atoms with E-state index in [2.05, 4.69) is 20.0 Å². The van der Waals surface area contributed by atoms with Crippen molar-refractivity contribution in [3.63, 3.8) is 0 Å². The first kappa shape index (κ1) is 18.8. The molecule has 0 bridgehead atoms. The number of hydrogen-bond acceptors (Lipinski definition) is 5. The second-order valence-electron chi connectivity index (χ2n) is 7.08. The van der Waals surface area contributed by atoms with Gasteiger partial charge in [0.15, 0.2) is 5.78 Å². The molecule has 1 fully saturated rings. The van der Waals surface area contributed by atoms with Crippen LogP contribution in [0.3, 0.4) is 0 Å². The van der Waals surface area contributed by atoms with Crippen molar-refractivity contribution in [2.24, 2.45) is 0 Å². The molecule has 2 aromatic heterocycles. The van der Waals surface area contributed by atoms with Gasteiger partial charge in [0, 0.05) is 35.7 Å². The number of ether oxygens (including phenoxy) is 1. The summed E-state index contributed by atoms with van der Waals surface area (Å²) in [6.45, 7) is 5.62. The van der Waals surface area contributed by atoms with Crippen molar-refractivity contribution < 1.29 is 9.53 Å². The number of rotatable bonds is 6.